The minimum absolute atomic E-state index is 0.0000909. The maximum absolute atomic E-state index is 12.9. The Labute approximate surface area is 172 Å². The molecule has 0 spiro atoms. The monoisotopic (exact) mass is 417 g/mol. The molecule has 156 valence electrons. The molecule has 3 rings (SSSR count). The molecule has 1 amide bonds. The zero-order chi connectivity index (χ0) is 20.9. The van der Waals surface area contributed by atoms with Gasteiger partial charge in [-0.15, -0.1) is 0 Å². The molecule has 0 N–H and O–H groups in total. The number of carbonyl (C=O) groups is 1. The topological polar surface area (TPSA) is 72.9 Å². The molecular weight excluding hydrogens is 390 g/mol. The Balaban J connectivity index is 1.71. The van der Waals surface area contributed by atoms with Gasteiger partial charge in [-0.2, -0.15) is 0 Å². The summed E-state index contributed by atoms with van der Waals surface area (Å²) >= 11 is 0. The van der Waals surface area contributed by atoms with Gasteiger partial charge in [0.15, 0.2) is 16.4 Å². The van der Waals surface area contributed by atoms with Crippen molar-refractivity contribution in [1.82, 2.24) is 4.90 Å². The Morgan fingerprint density at radius 2 is 1.66 bits per heavy atom. The van der Waals surface area contributed by atoms with Crippen molar-refractivity contribution in [3.63, 3.8) is 0 Å². The number of sulfone groups is 1. The van der Waals surface area contributed by atoms with E-state index in [0.717, 1.165) is 17.7 Å². The van der Waals surface area contributed by atoms with Crippen LogP contribution in [-0.4, -0.2) is 50.5 Å². The van der Waals surface area contributed by atoms with E-state index in [-0.39, 0.29) is 30.1 Å². The largest absolute Gasteiger partial charge is 0.497 e. The number of rotatable bonds is 8. The summed E-state index contributed by atoms with van der Waals surface area (Å²) in [6.45, 7) is 2.28. The fourth-order valence-corrected chi connectivity index (χ4v) is 5.15. The van der Waals surface area contributed by atoms with E-state index in [9.17, 15) is 13.2 Å². The molecule has 0 aromatic heterocycles. The molecule has 6 nitrogen and oxygen atoms in total. The highest BCUT2D eigenvalue weighted by atomic mass is 32.2. The Bertz CT molecular complexity index is 923. The summed E-state index contributed by atoms with van der Waals surface area (Å²) in [5.74, 6) is 1.25. The Morgan fingerprint density at radius 1 is 1.03 bits per heavy atom. The van der Waals surface area contributed by atoms with Crippen LogP contribution in [0.1, 0.15) is 24.5 Å². The SMILES string of the molecule is CCc1ccc(OCC(=O)N(Cc2ccc(OC)cc2)C2CCS(=O)(=O)C2)cc1. The van der Waals surface area contributed by atoms with E-state index in [1.807, 2.05) is 48.5 Å². The maximum Gasteiger partial charge on any atom is 0.261 e. The highest BCUT2D eigenvalue weighted by Gasteiger charge is 2.34. The normalized spacial score (nSPS) is 17.7. The van der Waals surface area contributed by atoms with Gasteiger partial charge >= 0.3 is 0 Å². The zero-order valence-corrected chi connectivity index (χ0v) is 17.7. The molecule has 29 heavy (non-hydrogen) atoms. The predicted molar refractivity (Wildman–Crippen MR) is 112 cm³/mol. The van der Waals surface area contributed by atoms with Crippen LogP contribution in [0, 0.1) is 0 Å². The fraction of sp³-hybridized carbons (Fsp3) is 0.409. The molecule has 1 aliphatic rings. The minimum Gasteiger partial charge on any atom is -0.497 e. The summed E-state index contributed by atoms with van der Waals surface area (Å²) in [6.07, 6.45) is 1.39. The average molecular weight is 418 g/mol. The van der Waals surface area contributed by atoms with Crippen LogP contribution in [-0.2, 0) is 27.6 Å². The highest BCUT2D eigenvalue weighted by Crippen LogP contribution is 2.22. The van der Waals surface area contributed by atoms with Gasteiger partial charge in [-0.05, 0) is 48.2 Å². The first-order valence-electron chi connectivity index (χ1n) is 9.75. The summed E-state index contributed by atoms with van der Waals surface area (Å²) in [5, 5.41) is 0. The fourth-order valence-electron chi connectivity index (χ4n) is 3.42. The van der Waals surface area contributed by atoms with E-state index in [1.165, 1.54) is 5.56 Å². The molecule has 1 saturated heterocycles. The van der Waals surface area contributed by atoms with Crippen LogP contribution < -0.4 is 9.47 Å². The van der Waals surface area contributed by atoms with Crippen LogP contribution in [0.3, 0.4) is 0 Å². The standard InChI is InChI=1S/C22H27NO5S/c1-3-17-4-10-21(11-5-17)28-15-22(24)23(19-12-13-29(25,26)16-19)14-18-6-8-20(27-2)9-7-18/h4-11,19H,3,12-16H2,1-2H3. The molecule has 0 aliphatic carbocycles. The number of hydrogen-bond donors (Lipinski definition) is 0. The number of carbonyl (C=O) groups excluding carboxylic acids is 1. The minimum atomic E-state index is -3.11. The molecule has 7 heteroatoms. The lowest BCUT2D eigenvalue weighted by Gasteiger charge is -2.28. The molecule has 0 bridgehead atoms. The molecular formula is C22H27NO5S. The number of hydrogen-bond acceptors (Lipinski definition) is 5. The van der Waals surface area contributed by atoms with Gasteiger partial charge in [0.05, 0.1) is 18.6 Å². The van der Waals surface area contributed by atoms with E-state index in [2.05, 4.69) is 6.92 Å². The van der Waals surface area contributed by atoms with Crippen molar-refractivity contribution in [2.24, 2.45) is 0 Å². The smallest absolute Gasteiger partial charge is 0.261 e. The second kappa shape index (κ2) is 9.31. The summed E-state index contributed by atoms with van der Waals surface area (Å²) in [4.78, 5) is 14.6. The first-order chi connectivity index (χ1) is 13.9. The van der Waals surface area contributed by atoms with Crippen LogP contribution in [0.25, 0.3) is 0 Å². The number of ether oxygens (including phenoxy) is 2. The quantitative estimate of drug-likeness (QED) is 0.660. The molecule has 0 saturated carbocycles. The lowest BCUT2D eigenvalue weighted by atomic mass is 10.1. The molecule has 1 aliphatic heterocycles. The van der Waals surface area contributed by atoms with E-state index in [4.69, 9.17) is 9.47 Å². The lowest BCUT2D eigenvalue weighted by Crippen LogP contribution is -2.43. The van der Waals surface area contributed by atoms with Gasteiger partial charge in [0.1, 0.15) is 11.5 Å². The van der Waals surface area contributed by atoms with Crippen molar-refractivity contribution in [1.29, 1.82) is 0 Å². The third kappa shape index (κ3) is 5.73. The average Bonchev–Trinajstić information content (AvgIpc) is 3.10. The second-order valence-electron chi connectivity index (χ2n) is 7.21. The van der Waals surface area contributed by atoms with Crippen LogP contribution in [0.5, 0.6) is 11.5 Å². The number of nitrogens with zero attached hydrogens (tertiary/aromatic N) is 1. The Hall–Kier alpha value is -2.54. The molecule has 1 fully saturated rings. The summed E-state index contributed by atoms with van der Waals surface area (Å²) < 4.78 is 34.8. The third-order valence-electron chi connectivity index (χ3n) is 5.18. The Morgan fingerprint density at radius 3 is 2.21 bits per heavy atom. The van der Waals surface area contributed by atoms with Crippen molar-refractivity contribution < 1.29 is 22.7 Å². The van der Waals surface area contributed by atoms with Crippen molar-refractivity contribution in [3.05, 3.63) is 59.7 Å². The van der Waals surface area contributed by atoms with Crippen molar-refractivity contribution in [2.75, 3.05) is 25.2 Å². The molecule has 1 unspecified atom stereocenters. The molecule has 1 atom stereocenters. The summed E-state index contributed by atoms with van der Waals surface area (Å²) in [6, 6.07) is 14.7. The van der Waals surface area contributed by atoms with Crippen molar-refractivity contribution in [3.8, 4) is 11.5 Å². The van der Waals surface area contributed by atoms with Crippen LogP contribution >= 0.6 is 0 Å². The summed E-state index contributed by atoms with van der Waals surface area (Å²) in [5.41, 5.74) is 2.11. The van der Waals surface area contributed by atoms with E-state index < -0.39 is 9.84 Å². The predicted octanol–water partition coefficient (Wildman–Crippen LogP) is 2.85. The van der Waals surface area contributed by atoms with Gasteiger partial charge in [-0.25, -0.2) is 8.42 Å². The third-order valence-corrected chi connectivity index (χ3v) is 6.93. The van der Waals surface area contributed by atoms with Crippen LogP contribution in [0.2, 0.25) is 0 Å². The van der Waals surface area contributed by atoms with E-state index >= 15 is 0 Å². The highest BCUT2D eigenvalue weighted by molar-refractivity contribution is 7.91. The number of benzene rings is 2. The molecule has 1 heterocycles. The first-order valence-corrected chi connectivity index (χ1v) is 11.6. The van der Waals surface area contributed by atoms with Gasteiger partial charge in [0, 0.05) is 12.6 Å². The molecule has 0 radical (unpaired) electrons. The number of amides is 1. The first kappa shape index (κ1) is 21.2. The van der Waals surface area contributed by atoms with Crippen LogP contribution in [0.15, 0.2) is 48.5 Å². The molecule has 2 aromatic rings. The van der Waals surface area contributed by atoms with Crippen LogP contribution in [0.4, 0.5) is 0 Å². The maximum atomic E-state index is 12.9. The Kier molecular flexibility index (Phi) is 6.79. The van der Waals surface area contributed by atoms with E-state index in [0.29, 0.717) is 18.7 Å². The molecule has 2 aromatic carbocycles. The van der Waals surface area contributed by atoms with Gasteiger partial charge in [-0.1, -0.05) is 31.2 Å². The van der Waals surface area contributed by atoms with Gasteiger partial charge < -0.3 is 14.4 Å². The number of aryl methyl sites for hydroxylation is 1. The van der Waals surface area contributed by atoms with Gasteiger partial charge in [0.25, 0.3) is 5.91 Å². The zero-order valence-electron chi connectivity index (χ0n) is 16.8. The summed E-state index contributed by atoms with van der Waals surface area (Å²) in [7, 11) is -1.51. The van der Waals surface area contributed by atoms with Crippen molar-refractivity contribution >= 4 is 15.7 Å². The van der Waals surface area contributed by atoms with Gasteiger partial charge in [0.2, 0.25) is 0 Å². The number of methoxy groups -OCH3 is 1. The van der Waals surface area contributed by atoms with E-state index in [1.54, 1.807) is 12.0 Å². The lowest BCUT2D eigenvalue weighted by molar-refractivity contribution is -0.136. The van der Waals surface area contributed by atoms with Gasteiger partial charge in [-0.3, -0.25) is 4.79 Å². The second-order valence-corrected chi connectivity index (χ2v) is 9.44. The van der Waals surface area contributed by atoms with Crippen molar-refractivity contribution in [2.45, 2.75) is 32.4 Å².